The van der Waals surface area contributed by atoms with Gasteiger partial charge >= 0.3 is 12.2 Å². The molecule has 2 saturated heterocycles. The van der Waals surface area contributed by atoms with Crippen molar-refractivity contribution >= 4 is 24.0 Å². The van der Waals surface area contributed by atoms with Crippen LogP contribution in [-0.4, -0.2) is 68.3 Å². The number of ether oxygens (including phenoxy) is 2. The summed E-state index contributed by atoms with van der Waals surface area (Å²) in [5.74, 6) is -3.64. The second kappa shape index (κ2) is 17.2. The average molecular weight is 737 g/mol. The topological polar surface area (TPSA) is 113 Å². The molecule has 2 aromatic carbocycles. The van der Waals surface area contributed by atoms with Gasteiger partial charge in [-0.05, 0) is 120 Å². The predicted octanol–water partition coefficient (Wildman–Crippen LogP) is 8.14. The van der Waals surface area contributed by atoms with Crippen molar-refractivity contribution in [1.29, 1.82) is 0 Å². The predicted molar refractivity (Wildman–Crippen MR) is 186 cm³/mol. The van der Waals surface area contributed by atoms with Gasteiger partial charge in [0.15, 0.2) is 0 Å². The molecule has 0 spiro atoms. The molecule has 2 aromatic rings. The van der Waals surface area contributed by atoms with E-state index in [1.807, 2.05) is 13.8 Å². The van der Waals surface area contributed by atoms with Crippen molar-refractivity contribution < 1.29 is 51.3 Å². The van der Waals surface area contributed by atoms with Gasteiger partial charge in [-0.3, -0.25) is 9.59 Å². The Morgan fingerprint density at radius 2 is 1.02 bits per heavy atom. The molecule has 13 heteroatoms. The molecule has 0 aromatic heterocycles. The summed E-state index contributed by atoms with van der Waals surface area (Å²) in [6.45, 7) is 16.0. The molecule has 2 aliphatic rings. The Morgan fingerprint density at radius 3 is 1.40 bits per heavy atom. The smallest absolute Gasteiger partial charge is 0.417 e. The van der Waals surface area contributed by atoms with Crippen LogP contribution in [0.2, 0.25) is 0 Å². The number of halogens is 4. The Hall–Kier alpha value is -4.00. The molecule has 6 atom stereocenters. The first-order valence-corrected chi connectivity index (χ1v) is 17.6. The van der Waals surface area contributed by atoms with Crippen molar-refractivity contribution in [3.63, 3.8) is 0 Å². The molecule has 0 radical (unpaired) electrons. The summed E-state index contributed by atoms with van der Waals surface area (Å²) in [4.78, 5) is 51.3. The fourth-order valence-electron chi connectivity index (χ4n) is 6.60. The average Bonchev–Trinajstić information content (AvgIpc) is 3.56. The van der Waals surface area contributed by atoms with Crippen molar-refractivity contribution in [2.24, 2.45) is 17.8 Å². The fourth-order valence-corrected chi connectivity index (χ4v) is 6.60. The van der Waals surface area contributed by atoms with Crippen LogP contribution in [0.4, 0.5) is 27.2 Å². The number of carbonyl (C=O) groups excluding carboxylic acids is 4. The molecule has 2 fully saturated rings. The number of likely N-dealkylation sites (tertiary alicyclic amines) is 2. The van der Waals surface area contributed by atoms with E-state index in [0.29, 0.717) is 36.8 Å². The summed E-state index contributed by atoms with van der Waals surface area (Å²) in [5, 5.41) is 10.7. The van der Waals surface area contributed by atoms with Gasteiger partial charge in [0.2, 0.25) is 11.8 Å². The van der Waals surface area contributed by atoms with Gasteiger partial charge in [0.25, 0.3) is 0 Å². The highest BCUT2D eigenvalue weighted by molar-refractivity contribution is 5.95. The first-order chi connectivity index (χ1) is 24.0. The van der Waals surface area contributed by atoms with Gasteiger partial charge in [0.05, 0.1) is 12.1 Å². The lowest BCUT2D eigenvalue weighted by Crippen LogP contribution is -2.49. The summed E-state index contributed by atoms with van der Waals surface area (Å²) in [6.07, 6.45) is -0.431. The summed E-state index contributed by atoms with van der Waals surface area (Å²) in [7, 11) is 0. The molecule has 288 valence electrons. The van der Waals surface area contributed by atoms with Gasteiger partial charge in [-0.2, -0.15) is 0 Å². The number of amides is 4. The molecule has 4 rings (SSSR count). The summed E-state index contributed by atoms with van der Waals surface area (Å²) >= 11 is 0. The van der Waals surface area contributed by atoms with E-state index < -0.39 is 70.6 Å². The maximum Gasteiger partial charge on any atom is 0.417 e. The second-order valence-electron chi connectivity index (χ2n) is 16.0. The van der Waals surface area contributed by atoms with Crippen LogP contribution in [0.15, 0.2) is 36.4 Å². The number of hydrogen-bond acceptors (Lipinski definition) is 7. The zero-order chi connectivity index (χ0) is 39.3. The van der Waals surface area contributed by atoms with E-state index in [0.717, 1.165) is 17.0 Å². The van der Waals surface area contributed by atoms with Crippen LogP contribution in [0, 0.1) is 41.0 Å². The van der Waals surface area contributed by atoms with Crippen molar-refractivity contribution in [2.75, 3.05) is 0 Å². The molecular weight excluding hydrogens is 684 g/mol. The summed E-state index contributed by atoms with van der Waals surface area (Å²) in [6, 6.07) is 5.68. The molecule has 52 heavy (non-hydrogen) atoms. The van der Waals surface area contributed by atoms with Crippen molar-refractivity contribution in [1.82, 2.24) is 9.80 Å². The largest absolute Gasteiger partial charge is 0.443 e. The van der Waals surface area contributed by atoms with Crippen LogP contribution >= 0.6 is 0 Å². The minimum atomic E-state index is -1.03. The first-order valence-electron chi connectivity index (χ1n) is 17.6. The first kappa shape index (κ1) is 42.4. The van der Waals surface area contributed by atoms with Crippen LogP contribution in [0.3, 0.4) is 0 Å². The number of imide groups is 2. The molecule has 9 nitrogen and oxygen atoms in total. The maximum absolute atomic E-state index is 13.4. The fraction of sp³-hybridized carbons (Fsp3) is 0.590. The SMILES string of the molecule is C[C@@H](Cc1cc(F)cc(F)c1)[C@H](O)[C@H]1CCC(=O)N1C(=O)OC(C)(C)C.C[C@H]([C@H]1CCC(=O)N1C(=O)OC(C)(C)C)[C@@H](C)Cc1cc(F)cc(F)c1. The zero-order valence-corrected chi connectivity index (χ0v) is 31.5. The third-order valence-electron chi connectivity index (χ3n) is 9.13. The number of hydrogen-bond donors (Lipinski definition) is 1. The van der Waals surface area contributed by atoms with Gasteiger partial charge in [0, 0.05) is 31.0 Å². The molecule has 0 aliphatic carbocycles. The number of aliphatic hydroxyl groups is 1. The number of carbonyl (C=O) groups is 4. The monoisotopic (exact) mass is 736 g/mol. The Morgan fingerprint density at radius 1 is 0.673 bits per heavy atom. The van der Waals surface area contributed by atoms with Crippen molar-refractivity contribution in [3.05, 3.63) is 70.8 Å². The van der Waals surface area contributed by atoms with Crippen LogP contribution in [0.25, 0.3) is 0 Å². The standard InChI is InChI=1S/C20H27F2NO3.C19H25F2NO4/c1-12(8-14-9-15(21)11-16(22)10-14)13(2)17-6-7-18(24)23(17)19(25)26-20(3,4)5;1-11(7-12-8-13(20)10-14(21)9-12)17(24)15-5-6-16(23)22(15)18(25)26-19(2,3)4/h9-13,17H,6-8H2,1-5H3;8-11,15,17,24H,5-7H2,1-4H3/t12-,13-,17+;11-,15+,17-/m00/s1. The van der Waals surface area contributed by atoms with Crippen LogP contribution in [-0.2, 0) is 31.9 Å². The Balaban J connectivity index is 0.000000280. The van der Waals surface area contributed by atoms with Crippen LogP contribution in [0.1, 0.15) is 99.1 Å². The normalized spacial score (nSPS) is 20.2. The van der Waals surface area contributed by atoms with Gasteiger partial charge in [0.1, 0.15) is 34.5 Å². The third kappa shape index (κ3) is 12.0. The maximum atomic E-state index is 13.4. The molecule has 0 bridgehead atoms. The number of nitrogens with zero attached hydrogens (tertiary/aromatic N) is 2. The third-order valence-corrected chi connectivity index (χ3v) is 9.13. The highest BCUT2D eigenvalue weighted by atomic mass is 19.1. The van der Waals surface area contributed by atoms with Crippen molar-refractivity contribution in [3.8, 4) is 0 Å². The van der Waals surface area contributed by atoms with E-state index in [2.05, 4.69) is 0 Å². The highest BCUT2D eigenvalue weighted by Gasteiger charge is 2.44. The van der Waals surface area contributed by atoms with E-state index in [4.69, 9.17) is 9.47 Å². The highest BCUT2D eigenvalue weighted by Crippen LogP contribution is 2.33. The lowest BCUT2D eigenvalue weighted by atomic mass is 9.83. The van der Waals surface area contributed by atoms with Crippen molar-refractivity contribution in [2.45, 2.75) is 130 Å². The summed E-state index contributed by atoms with van der Waals surface area (Å²) in [5.41, 5.74) is -0.476. The Labute approximate surface area is 303 Å². The minimum Gasteiger partial charge on any atom is -0.443 e. The molecule has 1 N–H and O–H groups in total. The molecule has 2 heterocycles. The van der Waals surface area contributed by atoms with E-state index in [-0.39, 0.29) is 36.6 Å². The Kier molecular flexibility index (Phi) is 14.0. The minimum absolute atomic E-state index is 0.0250. The molecule has 0 saturated carbocycles. The lowest BCUT2D eigenvalue weighted by molar-refractivity contribution is -0.130. The molecular formula is C39H52F4N2O7. The van der Waals surface area contributed by atoms with Gasteiger partial charge in [-0.15, -0.1) is 0 Å². The zero-order valence-electron chi connectivity index (χ0n) is 31.5. The van der Waals surface area contributed by atoms with E-state index in [1.54, 1.807) is 48.5 Å². The lowest BCUT2D eigenvalue weighted by Gasteiger charge is -2.33. The van der Waals surface area contributed by atoms with Crippen LogP contribution < -0.4 is 0 Å². The molecule has 4 amide bonds. The number of benzene rings is 2. The Bertz CT molecular complexity index is 1450. The van der Waals surface area contributed by atoms with E-state index in [1.165, 1.54) is 29.2 Å². The van der Waals surface area contributed by atoms with E-state index in [9.17, 15) is 41.8 Å². The quantitative estimate of drug-likeness (QED) is 0.272. The second-order valence-corrected chi connectivity index (χ2v) is 16.0. The van der Waals surface area contributed by atoms with Crippen LogP contribution in [0.5, 0.6) is 0 Å². The summed E-state index contributed by atoms with van der Waals surface area (Å²) < 4.78 is 64.1. The number of aliphatic hydroxyl groups excluding tert-OH is 1. The molecule has 0 unspecified atom stereocenters. The molecule has 2 aliphatic heterocycles. The number of rotatable bonds is 8. The van der Waals surface area contributed by atoms with Gasteiger partial charge < -0.3 is 14.6 Å². The van der Waals surface area contributed by atoms with E-state index >= 15 is 0 Å². The van der Waals surface area contributed by atoms with Gasteiger partial charge in [-0.25, -0.2) is 37.0 Å². The van der Waals surface area contributed by atoms with Gasteiger partial charge in [-0.1, -0.05) is 20.8 Å².